The van der Waals surface area contributed by atoms with Crippen molar-refractivity contribution in [3.05, 3.63) is 58.6 Å². The van der Waals surface area contributed by atoms with Gasteiger partial charge in [0, 0.05) is 26.1 Å². The molecule has 2 amide bonds. The molecule has 0 spiro atoms. The average Bonchev–Trinajstić information content (AvgIpc) is 2.96. The van der Waals surface area contributed by atoms with Crippen LogP contribution < -0.4 is 9.47 Å². The number of hydrogen-bond donors (Lipinski definition) is 0. The van der Waals surface area contributed by atoms with Crippen LogP contribution in [0.25, 0.3) is 0 Å². The van der Waals surface area contributed by atoms with Crippen LogP contribution in [0.15, 0.2) is 42.5 Å². The molecule has 2 aromatic rings. The van der Waals surface area contributed by atoms with Gasteiger partial charge < -0.3 is 9.47 Å². The summed E-state index contributed by atoms with van der Waals surface area (Å²) >= 11 is 6.99. The van der Waals surface area contributed by atoms with Crippen molar-refractivity contribution in [1.82, 2.24) is 8.61 Å². The Hall–Kier alpha value is -2.38. The molecule has 0 saturated carbocycles. The summed E-state index contributed by atoms with van der Waals surface area (Å²) in [5.41, 5.74) is 1.02. The van der Waals surface area contributed by atoms with Crippen LogP contribution in [0.1, 0.15) is 29.8 Å². The lowest BCUT2D eigenvalue weighted by atomic mass is 10.0. The maximum absolute atomic E-state index is 12.5. The molecule has 0 saturated heterocycles. The van der Waals surface area contributed by atoms with Gasteiger partial charge in [-0.25, -0.2) is 9.10 Å². The molecular weight excluding hydrogens is 400 g/mol. The number of benzene rings is 2. The topological polar surface area (TPSA) is 59.1 Å². The van der Waals surface area contributed by atoms with Crippen LogP contribution in [-0.4, -0.2) is 40.3 Å². The normalized spacial score (nSPS) is 14.0. The van der Waals surface area contributed by atoms with Gasteiger partial charge in [0.05, 0.1) is 22.7 Å². The Kier molecular flexibility index (Phi) is 5.76. The highest BCUT2D eigenvalue weighted by Gasteiger charge is 2.33. The van der Waals surface area contributed by atoms with E-state index in [2.05, 4.69) is 0 Å². The number of nitrogens with zero attached hydrogens (tertiary/aromatic N) is 2. The van der Waals surface area contributed by atoms with Crippen molar-refractivity contribution in [2.45, 2.75) is 25.9 Å². The molecule has 0 radical (unpaired) electrons. The third-order valence-corrected chi connectivity index (χ3v) is 5.28. The van der Waals surface area contributed by atoms with Crippen molar-refractivity contribution in [2.75, 3.05) is 14.1 Å². The Labute approximate surface area is 173 Å². The van der Waals surface area contributed by atoms with Gasteiger partial charge in [0.1, 0.15) is 5.60 Å². The molecule has 3 rings (SSSR count). The fraction of sp³-hybridized carbons (Fsp3) is 0.300. The first-order valence-corrected chi connectivity index (χ1v) is 9.76. The lowest BCUT2D eigenvalue weighted by Gasteiger charge is -2.23. The van der Waals surface area contributed by atoms with Crippen molar-refractivity contribution in [1.29, 1.82) is 0 Å². The lowest BCUT2D eigenvalue weighted by Crippen LogP contribution is -2.31. The molecule has 28 heavy (non-hydrogen) atoms. The fourth-order valence-corrected chi connectivity index (χ4v) is 3.74. The molecule has 2 aromatic carbocycles. The first-order valence-electron chi connectivity index (χ1n) is 8.65. The van der Waals surface area contributed by atoms with Crippen molar-refractivity contribution in [3.63, 3.8) is 0 Å². The molecule has 0 unspecified atom stereocenters. The van der Waals surface area contributed by atoms with Gasteiger partial charge in [-0.3, -0.25) is 9.10 Å². The van der Waals surface area contributed by atoms with Gasteiger partial charge in [0.15, 0.2) is 11.5 Å². The summed E-state index contributed by atoms with van der Waals surface area (Å²) in [6, 6.07) is 12.2. The van der Waals surface area contributed by atoms with Gasteiger partial charge in [-0.1, -0.05) is 35.9 Å². The van der Waals surface area contributed by atoms with E-state index in [-0.39, 0.29) is 11.5 Å². The standard InChI is InChI=1S/C20H21ClN2O4S/c1-20(2)12-13-8-7-11-16(17(13)27-20)26-19(25)23(4)28-22(3)18(24)14-9-5-6-10-15(14)21/h5-11H,12H2,1-4H3. The minimum Gasteiger partial charge on any atom is -0.483 e. The molecule has 1 aliphatic heterocycles. The Bertz CT molecular complexity index is 919. The molecule has 0 atom stereocenters. The molecule has 0 N–H and O–H groups in total. The van der Waals surface area contributed by atoms with Gasteiger partial charge in [-0.2, -0.15) is 0 Å². The van der Waals surface area contributed by atoms with E-state index < -0.39 is 6.09 Å². The smallest absolute Gasteiger partial charge is 0.426 e. The Morgan fingerprint density at radius 1 is 1.11 bits per heavy atom. The van der Waals surface area contributed by atoms with E-state index in [4.69, 9.17) is 21.1 Å². The zero-order chi connectivity index (χ0) is 20.5. The molecular formula is C20H21ClN2O4S. The predicted molar refractivity (Wildman–Crippen MR) is 110 cm³/mol. The third kappa shape index (κ3) is 4.36. The van der Waals surface area contributed by atoms with Gasteiger partial charge in [0.25, 0.3) is 5.91 Å². The SMILES string of the molecule is CN(SN(C)C(=O)c1ccccc1Cl)C(=O)Oc1cccc2c1OC(C)(C)C2. The minimum atomic E-state index is -0.620. The van der Waals surface area contributed by atoms with Crippen molar-refractivity contribution >= 4 is 35.7 Å². The molecule has 0 aromatic heterocycles. The number of para-hydroxylation sites is 1. The van der Waals surface area contributed by atoms with Gasteiger partial charge >= 0.3 is 6.09 Å². The van der Waals surface area contributed by atoms with Crippen molar-refractivity contribution in [2.24, 2.45) is 0 Å². The van der Waals surface area contributed by atoms with Gasteiger partial charge in [-0.15, -0.1) is 0 Å². The molecule has 6 nitrogen and oxygen atoms in total. The van der Waals surface area contributed by atoms with Crippen LogP contribution in [-0.2, 0) is 6.42 Å². The first-order chi connectivity index (χ1) is 13.2. The molecule has 0 aliphatic carbocycles. The monoisotopic (exact) mass is 420 g/mol. The summed E-state index contributed by atoms with van der Waals surface area (Å²) in [5.74, 6) is 0.626. The zero-order valence-electron chi connectivity index (χ0n) is 16.1. The van der Waals surface area contributed by atoms with E-state index in [1.807, 2.05) is 26.0 Å². The van der Waals surface area contributed by atoms with Crippen LogP contribution in [0.2, 0.25) is 5.02 Å². The number of carbonyl (C=O) groups excluding carboxylic acids is 2. The number of fused-ring (bicyclic) bond motifs is 1. The average molecular weight is 421 g/mol. The molecule has 1 heterocycles. The van der Waals surface area contributed by atoms with Crippen LogP contribution in [0.5, 0.6) is 11.5 Å². The fourth-order valence-electron chi connectivity index (χ4n) is 2.88. The summed E-state index contributed by atoms with van der Waals surface area (Å²) in [6.45, 7) is 3.96. The second kappa shape index (κ2) is 7.93. The van der Waals surface area contributed by atoms with Crippen LogP contribution >= 0.6 is 23.7 Å². The number of halogens is 1. The maximum atomic E-state index is 12.5. The summed E-state index contributed by atoms with van der Waals surface area (Å²) < 4.78 is 14.0. The molecule has 0 bridgehead atoms. The van der Waals surface area contributed by atoms with Gasteiger partial charge in [0.2, 0.25) is 0 Å². The highest BCUT2D eigenvalue weighted by atomic mass is 35.5. The van der Waals surface area contributed by atoms with Crippen molar-refractivity contribution < 1.29 is 19.1 Å². The van der Waals surface area contributed by atoms with Crippen LogP contribution in [0, 0.1) is 0 Å². The van der Waals surface area contributed by atoms with E-state index in [9.17, 15) is 9.59 Å². The quantitative estimate of drug-likeness (QED) is 0.663. The maximum Gasteiger partial charge on any atom is 0.426 e. The number of amides is 2. The van der Waals surface area contributed by atoms with Crippen molar-refractivity contribution in [3.8, 4) is 11.5 Å². The summed E-state index contributed by atoms with van der Waals surface area (Å²) in [6.07, 6.45) is 0.124. The number of hydrogen-bond acceptors (Lipinski definition) is 5. The van der Waals surface area contributed by atoms with Crippen LogP contribution in [0.4, 0.5) is 4.79 Å². The second-order valence-corrected chi connectivity index (χ2v) is 8.68. The van der Waals surface area contributed by atoms with E-state index >= 15 is 0 Å². The third-order valence-electron chi connectivity index (χ3n) is 4.14. The van der Waals surface area contributed by atoms with E-state index in [0.29, 0.717) is 22.1 Å². The number of rotatable bonds is 4. The number of carbonyl (C=O) groups is 2. The Morgan fingerprint density at radius 3 is 2.54 bits per heavy atom. The molecule has 0 fully saturated rings. The summed E-state index contributed by atoms with van der Waals surface area (Å²) in [7, 11) is 3.09. The van der Waals surface area contributed by atoms with E-state index in [0.717, 1.165) is 24.1 Å². The lowest BCUT2D eigenvalue weighted by molar-refractivity contribution is 0.0889. The Morgan fingerprint density at radius 2 is 1.82 bits per heavy atom. The van der Waals surface area contributed by atoms with E-state index in [1.54, 1.807) is 37.4 Å². The molecule has 148 valence electrons. The van der Waals surface area contributed by atoms with Crippen LogP contribution in [0.3, 0.4) is 0 Å². The van der Waals surface area contributed by atoms with E-state index in [1.165, 1.54) is 15.7 Å². The van der Waals surface area contributed by atoms with Gasteiger partial charge in [-0.05, 0) is 32.0 Å². The molecule has 1 aliphatic rings. The Balaban J connectivity index is 1.66. The number of ether oxygens (including phenoxy) is 2. The second-order valence-electron chi connectivity index (χ2n) is 7.01. The largest absolute Gasteiger partial charge is 0.483 e. The highest BCUT2D eigenvalue weighted by Crippen LogP contribution is 2.42. The molecule has 8 heteroatoms. The predicted octanol–water partition coefficient (Wildman–Crippen LogP) is 4.82. The highest BCUT2D eigenvalue weighted by molar-refractivity contribution is 7.95. The zero-order valence-corrected chi connectivity index (χ0v) is 17.6. The first kappa shape index (κ1) is 20.4. The minimum absolute atomic E-state index is 0.319. The summed E-state index contributed by atoms with van der Waals surface area (Å²) in [5, 5.41) is 0.352. The summed E-state index contributed by atoms with van der Waals surface area (Å²) in [4.78, 5) is 25.0.